The Morgan fingerprint density at radius 2 is 1.50 bits per heavy atom. The fourth-order valence-electron chi connectivity index (χ4n) is 4.18. The number of alkyl halides is 3. The third kappa shape index (κ3) is 5.34. The van der Waals surface area contributed by atoms with Crippen LogP contribution in [0.15, 0.2) is 72.8 Å². The van der Waals surface area contributed by atoms with Crippen molar-refractivity contribution in [2.45, 2.75) is 32.3 Å². The highest BCUT2D eigenvalue weighted by Crippen LogP contribution is 2.25. The van der Waals surface area contributed by atoms with Crippen LogP contribution >= 0.6 is 0 Å². The van der Waals surface area contributed by atoms with E-state index in [2.05, 4.69) is 29.0 Å². The van der Waals surface area contributed by atoms with E-state index in [4.69, 9.17) is 10.1 Å². The number of benzene rings is 3. The molecule has 8 heteroatoms. The van der Waals surface area contributed by atoms with Gasteiger partial charge < -0.3 is 18.6 Å². The maximum Gasteiger partial charge on any atom is 0.573 e. The summed E-state index contributed by atoms with van der Waals surface area (Å²) in [7, 11) is 1.65. The second-order valence-electron chi connectivity index (χ2n) is 8.26. The molecule has 1 N–H and O–H groups in total. The Morgan fingerprint density at radius 3 is 2.12 bits per heavy atom. The highest BCUT2D eigenvalue weighted by Gasteiger charge is 2.31. The van der Waals surface area contributed by atoms with Crippen LogP contribution in [0.1, 0.15) is 22.7 Å². The fourth-order valence-corrected chi connectivity index (χ4v) is 4.18. The van der Waals surface area contributed by atoms with Gasteiger partial charge in [-0.1, -0.05) is 54.1 Å². The first-order chi connectivity index (χ1) is 16.2. The van der Waals surface area contributed by atoms with E-state index in [1.807, 2.05) is 40.3 Å². The van der Waals surface area contributed by atoms with Crippen LogP contribution in [0.2, 0.25) is 0 Å². The van der Waals surface area contributed by atoms with E-state index in [1.165, 1.54) is 17.7 Å². The minimum atomic E-state index is -4.73. The van der Waals surface area contributed by atoms with E-state index >= 15 is 0 Å². The monoisotopic (exact) mass is 469 g/mol. The lowest BCUT2D eigenvalue weighted by Crippen LogP contribution is -2.31. The molecule has 0 aliphatic carbocycles. The molecule has 0 fully saturated rings. The van der Waals surface area contributed by atoms with Gasteiger partial charge in [-0.3, -0.25) is 5.41 Å². The van der Waals surface area contributed by atoms with Crippen molar-refractivity contribution in [3.05, 3.63) is 95.1 Å². The van der Waals surface area contributed by atoms with Crippen LogP contribution in [0.5, 0.6) is 5.75 Å². The number of fused-ring (bicyclic) bond motifs is 1. The number of halogens is 3. The number of aryl methyl sites for hydroxylation is 1. The minimum Gasteiger partial charge on any atom is -0.406 e. The Morgan fingerprint density at radius 1 is 0.882 bits per heavy atom. The smallest absolute Gasteiger partial charge is 0.406 e. The molecule has 0 aliphatic rings. The first-order valence-corrected chi connectivity index (χ1v) is 10.9. The Bertz CT molecular complexity index is 1310. The number of nitrogens with zero attached hydrogens (tertiary/aromatic N) is 2. The first-order valence-electron chi connectivity index (χ1n) is 10.9. The van der Waals surface area contributed by atoms with Gasteiger partial charge in [0.2, 0.25) is 5.62 Å². The van der Waals surface area contributed by atoms with Crippen molar-refractivity contribution in [2.24, 2.45) is 0 Å². The molecule has 0 spiro atoms. The summed E-state index contributed by atoms with van der Waals surface area (Å²) in [6, 6.07) is 21.7. The Kier molecular flexibility index (Phi) is 6.79. The third-order valence-corrected chi connectivity index (χ3v) is 5.73. The van der Waals surface area contributed by atoms with Crippen molar-refractivity contribution >= 4 is 11.0 Å². The molecule has 178 valence electrons. The van der Waals surface area contributed by atoms with E-state index in [0.717, 1.165) is 22.2 Å². The van der Waals surface area contributed by atoms with Gasteiger partial charge in [0, 0.05) is 7.11 Å². The fraction of sp³-hybridized carbons (Fsp3) is 0.269. The van der Waals surface area contributed by atoms with E-state index in [9.17, 15) is 13.2 Å². The van der Waals surface area contributed by atoms with Crippen molar-refractivity contribution in [3.63, 3.8) is 0 Å². The van der Waals surface area contributed by atoms with E-state index in [-0.39, 0.29) is 11.8 Å². The molecule has 0 radical (unpaired) electrons. The molecule has 5 nitrogen and oxygen atoms in total. The topological polar surface area (TPSA) is 52.2 Å². The van der Waals surface area contributed by atoms with Gasteiger partial charge in [0.25, 0.3) is 0 Å². The summed E-state index contributed by atoms with van der Waals surface area (Å²) < 4.78 is 50.7. The second kappa shape index (κ2) is 9.77. The number of rotatable bonds is 8. The number of aromatic nitrogens is 2. The molecular weight excluding hydrogens is 443 g/mol. The summed E-state index contributed by atoms with van der Waals surface area (Å²) in [5.74, 6) is -0.270. The molecule has 1 atom stereocenters. The number of nitrogens with one attached hydrogen (secondary N) is 1. The highest BCUT2D eigenvalue weighted by molar-refractivity contribution is 5.76. The largest absolute Gasteiger partial charge is 0.573 e. The van der Waals surface area contributed by atoms with Crippen LogP contribution in [-0.2, 0) is 17.7 Å². The molecule has 1 heterocycles. The van der Waals surface area contributed by atoms with Gasteiger partial charge in [0.1, 0.15) is 5.75 Å². The van der Waals surface area contributed by atoms with Crippen LogP contribution in [0, 0.1) is 12.3 Å². The normalized spacial score (nSPS) is 12.7. The quantitative estimate of drug-likeness (QED) is 0.365. The van der Waals surface area contributed by atoms with Crippen LogP contribution in [0.25, 0.3) is 11.0 Å². The predicted molar refractivity (Wildman–Crippen MR) is 124 cm³/mol. The maximum absolute atomic E-state index is 12.5. The Labute approximate surface area is 195 Å². The van der Waals surface area contributed by atoms with Crippen molar-refractivity contribution in [2.75, 3.05) is 13.7 Å². The lowest BCUT2D eigenvalue weighted by atomic mass is 10.0. The summed E-state index contributed by atoms with van der Waals surface area (Å²) in [4.78, 5) is 0. The lowest BCUT2D eigenvalue weighted by molar-refractivity contribution is -0.274. The van der Waals surface area contributed by atoms with Crippen molar-refractivity contribution in [3.8, 4) is 5.75 Å². The second-order valence-corrected chi connectivity index (χ2v) is 8.26. The number of methoxy groups -OCH3 is 1. The molecular formula is C26H26F3N3O2. The van der Waals surface area contributed by atoms with E-state index < -0.39 is 6.36 Å². The number of hydrogen-bond acceptors (Lipinski definition) is 3. The van der Waals surface area contributed by atoms with Gasteiger partial charge in [0.15, 0.2) is 0 Å². The van der Waals surface area contributed by atoms with Crippen molar-refractivity contribution < 1.29 is 22.6 Å². The van der Waals surface area contributed by atoms with Gasteiger partial charge in [-0.2, -0.15) is 0 Å². The Balaban J connectivity index is 1.70. The van der Waals surface area contributed by atoms with Crippen molar-refractivity contribution in [1.29, 1.82) is 5.41 Å². The summed E-state index contributed by atoms with van der Waals surface area (Å²) in [5.41, 5.74) is 5.16. The molecule has 34 heavy (non-hydrogen) atoms. The standard InChI is InChI=1S/C26H26F3N3O2/c1-18-7-9-19(10-8-18)15-21(17-33-2)32-24-6-4-3-5-23(24)31(25(32)30)16-20-11-13-22(14-12-20)34-26(27,28)29/h3-14,21,30H,15-17H2,1-2H3. The summed E-state index contributed by atoms with van der Waals surface area (Å²) in [5, 5.41) is 8.99. The maximum atomic E-state index is 12.5. The van der Waals surface area contributed by atoms with Gasteiger partial charge >= 0.3 is 6.36 Å². The van der Waals surface area contributed by atoms with Crippen LogP contribution in [-0.4, -0.2) is 29.2 Å². The number of imidazole rings is 1. The number of para-hydroxylation sites is 2. The molecule has 0 amide bonds. The number of ether oxygens (including phenoxy) is 2. The zero-order chi connectivity index (χ0) is 24.3. The van der Waals surface area contributed by atoms with Crippen LogP contribution < -0.4 is 10.4 Å². The van der Waals surface area contributed by atoms with E-state index in [1.54, 1.807) is 19.2 Å². The molecule has 0 saturated heterocycles. The molecule has 1 aromatic heterocycles. The van der Waals surface area contributed by atoms with Gasteiger partial charge in [-0.25, -0.2) is 0 Å². The highest BCUT2D eigenvalue weighted by atomic mass is 19.4. The summed E-state index contributed by atoms with van der Waals surface area (Å²) in [6.07, 6.45) is -4.03. The molecule has 0 aliphatic heterocycles. The molecule has 4 rings (SSSR count). The van der Waals surface area contributed by atoms with Gasteiger partial charge in [0.05, 0.1) is 30.2 Å². The molecule has 0 saturated carbocycles. The minimum absolute atomic E-state index is 0.103. The van der Waals surface area contributed by atoms with E-state index in [0.29, 0.717) is 25.2 Å². The Hall–Kier alpha value is -3.52. The lowest BCUT2D eigenvalue weighted by Gasteiger charge is -2.19. The number of hydrogen-bond donors (Lipinski definition) is 1. The third-order valence-electron chi connectivity index (χ3n) is 5.73. The van der Waals surface area contributed by atoms with Gasteiger partial charge in [-0.15, -0.1) is 13.2 Å². The first kappa shape index (κ1) is 23.6. The molecule has 3 aromatic carbocycles. The predicted octanol–water partition coefficient (Wildman–Crippen LogP) is 5.61. The van der Waals surface area contributed by atoms with Crippen molar-refractivity contribution in [1.82, 2.24) is 9.13 Å². The summed E-state index contributed by atoms with van der Waals surface area (Å²) in [6.45, 7) is 2.81. The zero-order valence-corrected chi connectivity index (χ0v) is 19.0. The average Bonchev–Trinajstić information content (AvgIpc) is 3.06. The SMILES string of the molecule is COCC(Cc1ccc(C)cc1)n1c(=N)n(Cc2ccc(OC(F)(F)F)cc2)c2ccccc21. The molecule has 0 bridgehead atoms. The van der Waals surface area contributed by atoms with Gasteiger partial charge in [-0.05, 0) is 48.7 Å². The molecule has 4 aromatic rings. The average molecular weight is 470 g/mol. The summed E-state index contributed by atoms with van der Waals surface area (Å²) >= 11 is 0. The van der Waals surface area contributed by atoms with Crippen LogP contribution in [0.4, 0.5) is 13.2 Å². The zero-order valence-electron chi connectivity index (χ0n) is 19.0. The molecule has 1 unspecified atom stereocenters. The van der Waals surface area contributed by atoms with Crippen LogP contribution in [0.3, 0.4) is 0 Å².